The van der Waals surface area contributed by atoms with Crippen LogP contribution in [0.3, 0.4) is 0 Å². The second-order valence-corrected chi connectivity index (χ2v) is 25.4. The maximum absolute atomic E-state index is 13.3. The summed E-state index contributed by atoms with van der Waals surface area (Å²) in [6.45, 7) is 1.70. The molecule has 3 fully saturated rings. The second-order valence-electron chi connectivity index (χ2n) is 25.4. The smallest absolute Gasteiger partial charge is 0.220 e. The van der Waals surface area contributed by atoms with Crippen LogP contribution in [-0.4, -0.2) is 193 Å². The number of carbonyl (C=O) groups is 1. The molecule has 0 aromatic heterocycles. The van der Waals surface area contributed by atoms with Gasteiger partial charge in [-0.05, 0) is 19.3 Å². The minimum Gasteiger partial charge on any atom is -0.394 e. The largest absolute Gasteiger partial charge is 0.394 e. The molecule has 0 aromatic carbocycles. The lowest BCUT2D eigenvalue weighted by Gasteiger charge is -2.48. The van der Waals surface area contributed by atoms with Crippen molar-refractivity contribution in [3.63, 3.8) is 0 Å². The van der Waals surface area contributed by atoms with Gasteiger partial charge < -0.3 is 89.9 Å². The number of nitrogens with one attached hydrogen (secondary N) is 1. The van der Waals surface area contributed by atoms with E-state index in [1.165, 1.54) is 199 Å². The lowest BCUT2D eigenvalue weighted by molar-refractivity contribution is -0.379. The monoisotopic (exact) mass is 1230 g/mol. The molecule has 0 spiro atoms. The van der Waals surface area contributed by atoms with Crippen molar-refractivity contribution in [1.82, 2.24) is 5.32 Å². The van der Waals surface area contributed by atoms with Crippen LogP contribution in [0.5, 0.6) is 0 Å². The number of unbranched alkanes of at least 4 members (excludes halogenated alkanes) is 38. The van der Waals surface area contributed by atoms with Crippen molar-refractivity contribution in [2.45, 2.75) is 381 Å². The van der Waals surface area contributed by atoms with E-state index >= 15 is 0 Å². The molecule has 12 N–H and O–H groups in total. The molecule has 1 amide bonds. The molecule has 86 heavy (non-hydrogen) atoms. The van der Waals surface area contributed by atoms with E-state index in [4.69, 9.17) is 28.4 Å². The summed E-state index contributed by atoms with van der Waals surface area (Å²) in [5, 5.41) is 120. The Kier molecular flexibility index (Phi) is 45.9. The summed E-state index contributed by atoms with van der Waals surface area (Å²) in [5.74, 6) is -0.273. The van der Waals surface area contributed by atoms with Crippen molar-refractivity contribution in [2.75, 3.05) is 26.4 Å². The summed E-state index contributed by atoms with van der Waals surface area (Å²) in [5.41, 5.74) is 0. The standard InChI is InChI=1S/C67H127NO18/c1-3-5-7-9-11-13-14-15-16-17-18-19-20-21-22-23-24-25-26-27-28-29-30-31-32-33-34-35-36-37-39-41-43-45-55(73)68-50(51(72)44-42-40-38-12-10-8-6-4-2)49-81-65-61(79)58(76)63(53(47-70)83-65)86-67-62(80)59(77)64(54(48-71)84-67)85-66-60(78)57(75)56(74)52(46-69)82-66/h42,44,50-54,56-67,69-72,74-80H,3-41,43,45-49H2,1-2H3,(H,68,73)/b44-42+. The highest BCUT2D eigenvalue weighted by Crippen LogP contribution is 2.33. The quantitative estimate of drug-likeness (QED) is 0.0200. The van der Waals surface area contributed by atoms with Crippen molar-refractivity contribution in [1.29, 1.82) is 0 Å². The zero-order valence-corrected chi connectivity index (χ0v) is 53.6. The molecular formula is C67H127NO18. The van der Waals surface area contributed by atoms with Gasteiger partial charge >= 0.3 is 0 Å². The van der Waals surface area contributed by atoms with E-state index in [1.807, 2.05) is 6.08 Å². The molecule has 0 aliphatic carbocycles. The minimum atomic E-state index is -1.97. The Balaban J connectivity index is 1.30. The number of hydrogen-bond acceptors (Lipinski definition) is 18. The zero-order chi connectivity index (χ0) is 62.6. The van der Waals surface area contributed by atoms with E-state index < -0.39 is 124 Å². The van der Waals surface area contributed by atoms with E-state index in [0.29, 0.717) is 6.42 Å². The Bertz CT molecular complexity index is 1620. The highest BCUT2D eigenvalue weighted by Gasteiger charge is 2.53. The van der Waals surface area contributed by atoms with Gasteiger partial charge in [0.2, 0.25) is 5.91 Å². The highest BCUT2D eigenvalue weighted by atomic mass is 16.8. The molecule has 19 heteroatoms. The molecule has 3 aliphatic rings. The fourth-order valence-corrected chi connectivity index (χ4v) is 12.1. The lowest BCUT2D eigenvalue weighted by Crippen LogP contribution is -2.66. The molecule has 508 valence electrons. The van der Waals surface area contributed by atoms with Gasteiger partial charge in [-0.15, -0.1) is 0 Å². The van der Waals surface area contributed by atoms with Gasteiger partial charge in [0.1, 0.15) is 73.2 Å². The van der Waals surface area contributed by atoms with E-state index in [9.17, 15) is 61.0 Å². The first-order valence-corrected chi connectivity index (χ1v) is 34.9. The predicted octanol–water partition coefficient (Wildman–Crippen LogP) is 8.89. The van der Waals surface area contributed by atoms with Gasteiger partial charge in [-0.25, -0.2) is 0 Å². The van der Waals surface area contributed by atoms with Gasteiger partial charge in [0.15, 0.2) is 18.9 Å². The molecule has 3 heterocycles. The van der Waals surface area contributed by atoms with Crippen LogP contribution in [-0.2, 0) is 33.2 Å². The van der Waals surface area contributed by atoms with E-state index in [1.54, 1.807) is 6.08 Å². The average Bonchev–Trinajstić information content (AvgIpc) is 1.41. The van der Waals surface area contributed by atoms with Gasteiger partial charge in [-0.2, -0.15) is 0 Å². The third kappa shape index (κ3) is 32.2. The Morgan fingerprint density at radius 2 is 0.721 bits per heavy atom. The predicted molar refractivity (Wildman–Crippen MR) is 333 cm³/mol. The van der Waals surface area contributed by atoms with Crippen molar-refractivity contribution >= 4 is 5.91 Å². The summed E-state index contributed by atoms with van der Waals surface area (Å²) < 4.78 is 34.2. The topological polar surface area (TPSA) is 307 Å². The first kappa shape index (κ1) is 78.8. The summed E-state index contributed by atoms with van der Waals surface area (Å²) in [7, 11) is 0. The molecule has 3 aliphatic heterocycles. The Morgan fingerprint density at radius 3 is 1.09 bits per heavy atom. The average molecular weight is 1230 g/mol. The molecule has 0 bridgehead atoms. The molecule has 17 atom stereocenters. The van der Waals surface area contributed by atoms with Crippen molar-refractivity contribution in [3.8, 4) is 0 Å². The Labute approximate surface area is 518 Å². The second kappa shape index (κ2) is 50.1. The van der Waals surface area contributed by atoms with Crippen molar-refractivity contribution in [3.05, 3.63) is 12.2 Å². The fourth-order valence-electron chi connectivity index (χ4n) is 12.1. The van der Waals surface area contributed by atoms with Crippen LogP contribution in [0.2, 0.25) is 0 Å². The number of aliphatic hydroxyl groups excluding tert-OH is 11. The third-order valence-corrected chi connectivity index (χ3v) is 17.8. The molecule has 17 unspecified atom stereocenters. The van der Waals surface area contributed by atoms with Crippen LogP contribution >= 0.6 is 0 Å². The molecule has 0 radical (unpaired) electrons. The highest BCUT2D eigenvalue weighted by molar-refractivity contribution is 5.76. The van der Waals surface area contributed by atoms with E-state index in [0.717, 1.165) is 51.4 Å². The first-order valence-electron chi connectivity index (χ1n) is 34.9. The molecular weight excluding hydrogens is 1110 g/mol. The van der Waals surface area contributed by atoms with Gasteiger partial charge in [0, 0.05) is 6.42 Å². The first-order chi connectivity index (χ1) is 41.8. The van der Waals surface area contributed by atoms with Crippen LogP contribution in [0.4, 0.5) is 0 Å². The van der Waals surface area contributed by atoms with Crippen molar-refractivity contribution < 1.29 is 89.4 Å². The molecule has 3 saturated heterocycles. The number of rotatable bonds is 54. The minimum absolute atomic E-state index is 0.249. The fraction of sp³-hybridized carbons (Fsp3) is 0.955. The van der Waals surface area contributed by atoms with E-state index in [2.05, 4.69) is 19.2 Å². The number of ether oxygens (including phenoxy) is 6. The van der Waals surface area contributed by atoms with Crippen molar-refractivity contribution in [2.24, 2.45) is 0 Å². The summed E-state index contributed by atoms with van der Waals surface area (Å²) in [4.78, 5) is 13.3. The van der Waals surface area contributed by atoms with Gasteiger partial charge in [0.25, 0.3) is 0 Å². The van der Waals surface area contributed by atoms with E-state index in [-0.39, 0.29) is 18.9 Å². The Hall–Kier alpha value is -1.47. The molecule has 0 saturated carbocycles. The summed E-state index contributed by atoms with van der Waals surface area (Å²) in [6.07, 6.45) is 28.4. The van der Waals surface area contributed by atoms with Gasteiger partial charge in [-0.1, -0.05) is 264 Å². The van der Waals surface area contributed by atoms with Gasteiger partial charge in [-0.3, -0.25) is 4.79 Å². The number of allylic oxidation sites excluding steroid dienone is 1. The van der Waals surface area contributed by atoms with Crippen LogP contribution in [0.25, 0.3) is 0 Å². The van der Waals surface area contributed by atoms with Crippen LogP contribution < -0.4 is 5.32 Å². The molecule has 19 nitrogen and oxygen atoms in total. The zero-order valence-electron chi connectivity index (χ0n) is 53.6. The number of carbonyl (C=O) groups excluding carboxylic acids is 1. The number of hydrogen-bond donors (Lipinski definition) is 12. The number of amides is 1. The summed E-state index contributed by atoms with van der Waals surface area (Å²) in [6, 6.07) is -0.966. The van der Waals surface area contributed by atoms with Crippen LogP contribution in [0.1, 0.15) is 277 Å². The number of aliphatic hydroxyl groups is 11. The lowest BCUT2D eigenvalue weighted by atomic mass is 9.96. The Morgan fingerprint density at radius 1 is 0.407 bits per heavy atom. The molecule has 3 rings (SSSR count). The van der Waals surface area contributed by atoms with Crippen LogP contribution in [0.15, 0.2) is 12.2 Å². The maximum atomic E-state index is 13.3. The van der Waals surface area contributed by atoms with Gasteiger partial charge in [0.05, 0.1) is 38.6 Å². The normalized spacial score (nSPS) is 28.8. The summed E-state index contributed by atoms with van der Waals surface area (Å²) >= 11 is 0. The maximum Gasteiger partial charge on any atom is 0.220 e. The third-order valence-electron chi connectivity index (χ3n) is 17.8. The SMILES string of the molecule is CCCCCCCC/C=C/C(O)C(COC1OC(CO)C(OC2OC(CO)C(OC3OC(CO)C(O)C(O)C3O)C(O)C2O)C(O)C1O)NC(=O)CCCCCCCCCCCCCCCCCCCCCCCCCCCCCCCCCCC. The van der Waals surface area contributed by atoms with Crippen LogP contribution in [0, 0.1) is 0 Å². The molecule has 0 aromatic rings.